The molecule has 2 aromatic heterocycles. The molecule has 0 aromatic carbocycles. The van der Waals surface area contributed by atoms with E-state index in [0.717, 1.165) is 16.4 Å². The van der Waals surface area contributed by atoms with E-state index in [0.29, 0.717) is 0 Å². The van der Waals surface area contributed by atoms with Crippen molar-refractivity contribution in [2.24, 2.45) is 7.05 Å². The van der Waals surface area contributed by atoms with E-state index >= 15 is 0 Å². The number of aromatic nitrogens is 3. The van der Waals surface area contributed by atoms with Crippen LogP contribution in [0.2, 0.25) is 0 Å². The summed E-state index contributed by atoms with van der Waals surface area (Å²) in [6.45, 7) is 0. The highest BCUT2D eigenvalue weighted by Gasteiger charge is 2.08. The lowest BCUT2D eigenvalue weighted by atomic mass is 10.3. The smallest absolute Gasteiger partial charge is 0.123 e. The maximum Gasteiger partial charge on any atom is 0.123 e. The number of rotatable bonds is 1. The van der Waals surface area contributed by atoms with Crippen LogP contribution in [0.15, 0.2) is 18.0 Å². The molecule has 0 aliphatic rings. The normalized spacial score (nSPS) is 10.4. The van der Waals surface area contributed by atoms with Crippen molar-refractivity contribution in [3.8, 4) is 11.4 Å². The first kappa shape index (κ1) is 7.30. The number of aryl methyl sites for hydroxylation is 1. The Morgan fingerprint density at radius 2 is 2.42 bits per heavy atom. The Morgan fingerprint density at radius 3 is 2.92 bits per heavy atom. The Kier molecular flexibility index (Phi) is 1.58. The molecule has 0 bridgehead atoms. The number of thiazole rings is 1. The number of hydrogen-bond acceptors (Lipinski definition) is 4. The highest BCUT2D eigenvalue weighted by Crippen LogP contribution is 2.26. The van der Waals surface area contributed by atoms with E-state index in [4.69, 9.17) is 5.73 Å². The van der Waals surface area contributed by atoms with Gasteiger partial charge < -0.3 is 10.3 Å². The van der Waals surface area contributed by atoms with Gasteiger partial charge in [-0.05, 0) is 0 Å². The molecule has 12 heavy (non-hydrogen) atoms. The van der Waals surface area contributed by atoms with Crippen LogP contribution in [-0.2, 0) is 7.05 Å². The molecule has 0 saturated carbocycles. The summed E-state index contributed by atoms with van der Waals surface area (Å²) in [5.74, 6) is 0. The third-order valence-corrected chi connectivity index (χ3v) is 2.31. The van der Waals surface area contributed by atoms with Gasteiger partial charge in [-0.25, -0.2) is 9.97 Å². The van der Waals surface area contributed by atoms with Crippen LogP contribution in [0.25, 0.3) is 11.4 Å². The zero-order valence-electron chi connectivity index (χ0n) is 6.56. The summed E-state index contributed by atoms with van der Waals surface area (Å²) in [5.41, 5.74) is 9.22. The molecule has 62 valence electrons. The van der Waals surface area contributed by atoms with Gasteiger partial charge in [0.05, 0.1) is 23.7 Å². The van der Waals surface area contributed by atoms with Gasteiger partial charge >= 0.3 is 0 Å². The summed E-state index contributed by atoms with van der Waals surface area (Å²) in [4.78, 5) is 8.14. The van der Waals surface area contributed by atoms with E-state index in [1.807, 2.05) is 11.6 Å². The van der Waals surface area contributed by atoms with Gasteiger partial charge in [0.1, 0.15) is 10.7 Å². The number of nitrogen functional groups attached to an aromatic ring is 1. The van der Waals surface area contributed by atoms with Crippen LogP contribution in [0, 0.1) is 0 Å². The standard InChI is InChI=1S/C7H8N4S/c1-11-3-9-2-5(11)6-7(8)12-4-10-6/h2-4H,8H2,1H3. The number of nitrogens with zero attached hydrogens (tertiary/aromatic N) is 3. The quantitative estimate of drug-likeness (QED) is 0.715. The zero-order chi connectivity index (χ0) is 8.55. The molecular formula is C7H8N4S. The Bertz CT molecular complexity index is 351. The second-order valence-electron chi connectivity index (χ2n) is 2.46. The van der Waals surface area contributed by atoms with Crippen molar-refractivity contribution in [1.29, 1.82) is 0 Å². The van der Waals surface area contributed by atoms with Crippen LogP contribution in [0.1, 0.15) is 0 Å². The van der Waals surface area contributed by atoms with Crippen molar-refractivity contribution < 1.29 is 0 Å². The molecule has 2 N–H and O–H groups in total. The predicted molar refractivity (Wildman–Crippen MR) is 48.7 cm³/mol. The van der Waals surface area contributed by atoms with Gasteiger partial charge in [-0.3, -0.25) is 0 Å². The molecular weight excluding hydrogens is 172 g/mol. The average molecular weight is 180 g/mol. The number of anilines is 1. The van der Waals surface area contributed by atoms with Crippen LogP contribution in [0.4, 0.5) is 5.00 Å². The topological polar surface area (TPSA) is 56.7 Å². The van der Waals surface area contributed by atoms with Crippen molar-refractivity contribution in [2.45, 2.75) is 0 Å². The maximum absolute atomic E-state index is 5.72. The average Bonchev–Trinajstić information content (AvgIpc) is 2.59. The highest BCUT2D eigenvalue weighted by molar-refractivity contribution is 7.14. The van der Waals surface area contributed by atoms with Crippen LogP contribution >= 0.6 is 11.3 Å². The number of imidazole rings is 1. The molecule has 0 radical (unpaired) electrons. The molecule has 0 unspecified atom stereocenters. The van der Waals surface area contributed by atoms with E-state index < -0.39 is 0 Å². The summed E-state index contributed by atoms with van der Waals surface area (Å²) >= 11 is 1.44. The van der Waals surface area contributed by atoms with Crippen molar-refractivity contribution in [3.05, 3.63) is 18.0 Å². The predicted octanol–water partition coefficient (Wildman–Crippen LogP) is 1.13. The van der Waals surface area contributed by atoms with Crippen LogP contribution < -0.4 is 5.73 Å². The molecule has 2 aromatic rings. The number of hydrogen-bond donors (Lipinski definition) is 1. The van der Waals surface area contributed by atoms with Crippen LogP contribution in [0.3, 0.4) is 0 Å². The molecule has 4 nitrogen and oxygen atoms in total. The number of nitrogens with two attached hydrogens (primary N) is 1. The fraction of sp³-hybridized carbons (Fsp3) is 0.143. The first-order chi connectivity index (χ1) is 5.79. The Balaban J connectivity index is 2.57. The lowest BCUT2D eigenvalue weighted by Crippen LogP contribution is -1.92. The highest BCUT2D eigenvalue weighted by atomic mass is 32.1. The largest absolute Gasteiger partial charge is 0.389 e. The second-order valence-corrected chi connectivity index (χ2v) is 3.34. The van der Waals surface area contributed by atoms with Gasteiger partial charge in [0, 0.05) is 7.05 Å². The fourth-order valence-electron chi connectivity index (χ4n) is 1.03. The van der Waals surface area contributed by atoms with Crippen molar-refractivity contribution in [3.63, 3.8) is 0 Å². The molecule has 0 saturated heterocycles. The summed E-state index contributed by atoms with van der Waals surface area (Å²) in [7, 11) is 1.92. The minimum atomic E-state index is 0.735. The molecule has 0 fully saturated rings. The minimum absolute atomic E-state index is 0.735. The lowest BCUT2D eigenvalue weighted by Gasteiger charge is -1.97. The van der Waals surface area contributed by atoms with E-state index in [1.54, 1.807) is 18.0 Å². The molecule has 0 amide bonds. The molecule has 2 rings (SSSR count). The Labute approximate surface area is 73.7 Å². The third-order valence-electron chi connectivity index (χ3n) is 1.65. The van der Waals surface area contributed by atoms with Crippen molar-refractivity contribution >= 4 is 16.3 Å². The summed E-state index contributed by atoms with van der Waals surface area (Å²) in [5, 5.41) is 0.735. The van der Waals surface area contributed by atoms with Gasteiger partial charge in [0.15, 0.2) is 0 Å². The molecule has 5 heteroatoms. The monoisotopic (exact) mass is 180 g/mol. The van der Waals surface area contributed by atoms with E-state index in [2.05, 4.69) is 9.97 Å². The van der Waals surface area contributed by atoms with Gasteiger partial charge in [-0.2, -0.15) is 0 Å². The van der Waals surface area contributed by atoms with Gasteiger partial charge in [-0.15, -0.1) is 11.3 Å². The molecule has 0 aliphatic heterocycles. The van der Waals surface area contributed by atoms with E-state index in [-0.39, 0.29) is 0 Å². The van der Waals surface area contributed by atoms with Crippen molar-refractivity contribution in [2.75, 3.05) is 5.73 Å². The fourth-order valence-corrected chi connectivity index (χ4v) is 1.57. The molecule has 0 spiro atoms. The minimum Gasteiger partial charge on any atom is -0.389 e. The maximum atomic E-state index is 5.72. The molecule has 0 atom stereocenters. The van der Waals surface area contributed by atoms with E-state index in [1.165, 1.54) is 11.3 Å². The zero-order valence-corrected chi connectivity index (χ0v) is 7.38. The SMILES string of the molecule is Cn1cncc1-c1ncsc1N. The van der Waals surface area contributed by atoms with Crippen molar-refractivity contribution in [1.82, 2.24) is 14.5 Å². The molecule has 0 aliphatic carbocycles. The van der Waals surface area contributed by atoms with Gasteiger partial charge in [0.25, 0.3) is 0 Å². The summed E-state index contributed by atoms with van der Waals surface area (Å²) < 4.78 is 1.89. The summed E-state index contributed by atoms with van der Waals surface area (Å²) in [6.07, 6.45) is 3.49. The third kappa shape index (κ3) is 0.984. The van der Waals surface area contributed by atoms with Crippen LogP contribution in [-0.4, -0.2) is 14.5 Å². The first-order valence-corrected chi connectivity index (χ1v) is 4.32. The Morgan fingerprint density at radius 1 is 1.58 bits per heavy atom. The Hall–Kier alpha value is -1.36. The van der Waals surface area contributed by atoms with Gasteiger partial charge in [0.2, 0.25) is 0 Å². The molecule has 2 heterocycles. The lowest BCUT2D eigenvalue weighted by molar-refractivity contribution is 0.918. The van der Waals surface area contributed by atoms with Crippen LogP contribution in [0.5, 0.6) is 0 Å². The van der Waals surface area contributed by atoms with Gasteiger partial charge in [-0.1, -0.05) is 0 Å². The first-order valence-electron chi connectivity index (χ1n) is 3.44. The second kappa shape index (κ2) is 2.60. The summed E-state index contributed by atoms with van der Waals surface area (Å²) in [6, 6.07) is 0. The van der Waals surface area contributed by atoms with E-state index in [9.17, 15) is 0 Å².